The third-order valence-corrected chi connectivity index (χ3v) is 4.61. The molecule has 2 unspecified atom stereocenters. The first kappa shape index (κ1) is 15.2. The zero-order valence-electron chi connectivity index (χ0n) is 13.3. The third kappa shape index (κ3) is 3.21. The normalized spacial score (nSPS) is 28.9. The first-order chi connectivity index (χ1) is 10.6. The van der Waals surface area contributed by atoms with Gasteiger partial charge >= 0.3 is 0 Å². The lowest BCUT2D eigenvalue weighted by molar-refractivity contribution is -0.121. The maximum Gasteiger partial charge on any atom is 0.223 e. The lowest BCUT2D eigenvalue weighted by Gasteiger charge is -2.29. The van der Waals surface area contributed by atoms with Crippen molar-refractivity contribution in [1.29, 1.82) is 0 Å². The summed E-state index contributed by atoms with van der Waals surface area (Å²) in [6.45, 7) is 6.10. The number of carbonyl (C=O) groups excluding carboxylic acids is 1. The Labute approximate surface area is 130 Å². The van der Waals surface area contributed by atoms with Crippen molar-refractivity contribution in [3.63, 3.8) is 0 Å². The Balaban J connectivity index is 1.72. The van der Waals surface area contributed by atoms with Crippen molar-refractivity contribution in [1.82, 2.24) is 20.4 Å². The molecule has 1 aliphatic carbocycles. The van der Waals surface area contributed by atoms with Crippen LogP contribution >= 0.6 is 0 Å². The summed E-state index contributed by atoms with van der Waals surface area (Å²) in [7, 11) is 0. The van der Waals surface area contributed by atoms with Gasteiger partial charge in [0.2, 0.25) is 11.8 Å². The van der Waals surface area contributed by atoms with E-state index in [1.54, 1.807) is 13.8 Å². The molecule has 1 amide bonds. The Morgan fingerprint density at radius 1 is 1.55 bits per heavy atom. The van der Waals surface area contributed by atoms with Gasteiger partial charge < -0.3 is 14.7 Å². The van der Waals surface area contributed by atoms with Gasteiger partial charge in [0, 0.05) is 33.5 Å². The molecular weight excluding hydrogens is 280 g/mol. The van der Waals surface area contributed by atoms with Crippen LogP contribution in [-0.4, -0.2) is 40.6 Å². The average molecular weight is 304 g/mol. The minimum atomic E-state index is -0.506. The van der Waals surface area contributed by atoms with Gasteiger partial charge in [-0.3, -0.25) is 4.79 Å². The first-order valence-corrected chi connectivity index (χ1v) is 8.04. The van der Waals surface area contributed by atoms with Crippen LogP contribution in [0.3, 0.4) is 0 Å². The Kier molecular flexibility index (Phi) is 4.29. The number of amides is 1. The number of hydrogen-bond donors (Lipinski definition) is 1. The number of nitrogens with one attached hydrogen (secondary N) is 1. The van der Waals surface area contributed by atoms with Crippen molar-refractivity contribution >= 4 is 5.91 Å². The van der Waals surface area contributed by atoms with E-state index in [0.29, 0.717) is 17.6 Å². The van der Waals surface area contributed by atoms with Crippen LogP contribution in [0.15, 0.2) is 16.7 Å². The number of aromatic nitrogens is 2. The molecule has 1 aromatic heterocycles. The highest BCUT2D eigenvalue weighted by molar-refractivity contribution is 5.74. The summed E-state index contributed by atoms with van der Waals surface area (Å²) in [5.41, 5.74) is -0.506. The van der Waals surface area contributed by atoms with Crippen molar-refractivity contribution in [2.75, 3.05) is 19.6 Å². The predicted octanol–water partition coefficient (Wildman–Crippen LogP) is 1.77. The van der Waals surface area contributed by atoms with Crippen molar-refractivity contribution in [3.8, 4) is 0 Å². The molecule has 120 valence electrons. The summed E-state index contributed by atoms with van der Waals surface area (Å²) in [6, 6.07) is 0. The largest absolute Gasteiger partial charge is 0.342 e. The van der Waals surface area contributed by atoms with Gasteiger partial charge in [0.15, 0.2) is 5.82 Å². The molecule has 2 aliphatic rings. The minimum absolute atomic E-state index is 0.0510. The molecule has 1 aliphatic heterocycles. The number of carbonyl (C=O) groups is 1. The van der Waals surface area contributed by atoms with Gasteiger partial charge in [0.05, 0.1) is 0 Å². The van der Waals surface area contributed by atoms with Gasteiger partial charge in [-0.05, 0) is 31.6 Å². The van der Waals surface area contributed by atoms with Gasteiger partial charge in [-0.1, -0.05) is 17.3 Å². The van der Waals surface area contributed by atoms with E-state index in [4.69, 9.17) is 4.52 Å². The maximum absolute atomic E-state index is 11.7. The molecule has 2 atom stereocenters. The first-order valence-electron chi connectivity index (χ1n) is 8.04. The highest BCUT2D eigenvalue weighted by atomic mass is 16.5. The van der Waals surface area contributed by atoms with Crippen molar-refractivity contribution in [3.05, 3.63) is 23.9 Å². The second-order valence-electron chi connectivity index (χ2n) is 6.54. The number of hydrogen-bond acceptors (Lipinski definition) is 5. The molecule has 6 nitrogen and oxygen atoms in total. The Morgan fingerprint density at radius 2 is 2.41 bits per heavy atom. The molecule has 3 rings (SSSR count). The van der Waals surface area contributed by atoms with Crippen LogP contribution in [0.4, 0.5) is 0 Å². The molecule has 1 saturated heterocycles. The van der Waals surface area contributed by atoms with E-state index in [2.05, 4.69) is 32.5 Å². The lowest BCUT2D eigenvalue weighted by atomic mass is 9.94. The van der Waals surface area contributed by atoms with Crippen LogP contribution in [0.2, 0.25) is 0 Å². The SMILES string of the molecule is CC(=O)NC1(c2noc(C)n2)CCN(CC2CC=CCC2)C1. The molecule has 0 bridgehead atoms. The van der Waals surface area contributed by atoms with Gasteiger partial charge in [0.25, 0.3) is 0 Å². The smallest absolute Gasteiger partial charge is 0.223 e. The molecule has 22 heavy (non-hydrogen) atoms. The molecule has 0 aromatic carbocycles. The van der Waals surface area contributed by atoms with Crippen LogP contribution in [0.5, 0.6) is 0 Å². The molecule has 6 heteroatoms. The van der Waals surface area contributed by atoms with E-state index in [0.717, 1.165) is 32.5 Å². The van der Waals surface area contributed by atoms with E-state index in [9.17, 15) is 4.79 Å². The quantitative estimate of drug-likeness (QED) is 0.858. The molecule has 1 fully saturated rings. The van der Waals surface area contributed by atoms with E-state index in [1.165, 1.54) is 12.8 Å². The van der Waals surface area contributed by atoms with Gasteiger partial charge in [-0.25, -0.2) is 0 Å². The van der Waals surface area contributed by atoms with Crippen LogP contribution in [0.1, 0.15) is 44.3 Å². The van der Waals surface area contributed by atoms with Gasteiger partial charge in [-0.15, -0.1) is 0 Å². The molecule has 0 saturated carbocycles. The predicted molar refractivity (Wildman–Crippen MR) is 82.1 cm³/mol. The third-order valence-electron chi connectivity index (χ3n) is 4.61. The van der Waals surface area contributed by atoms with Gasteiger partial charge in [0.1, 0.15) is 5.54 Å². The van der Waals surface area contributed by atoms with Crippen LogP contribution in [0.25, 0.3) is 0 Å². The van der Waals surface area contributed by atoms with E-state index in [1.807, 2.05) is 0 Å². The standard InChI is InChI=1S/C16H24N4O2/c1-12(21)18-16(15-17-13(2)22-19-15)8-9-20(11-16)10-14-6-4-3-5-7-14/h3-4,14H,5-11H2,1-2H3,(H,18,21). The highest BCUT2D eigenvalue weighted by Gasteiger charge is 2.44. The van der Waals surface area contributed by atoms with E-state index in [-0.39, 0.29) is 5.91 Å². The number of likely N-dealkylation sites (tertiary alicyclic amines) is 1. The number of aryl methyl sites for hydroxylation is 1. The number of nitrogens with zero attached hydrogens (tertiary/aromatic N) is 3. The summed E-state index contributed by atoms with van der Waals surface area (Å²) in [6.07, 6.45) is 8.97. The van der Waals surface area contributed by atoms with Crippen LogP contribution < -0.4 is 5.32 Å². The minimum Gasteiger partial charge on any atom is -0.342 e. The van der Waals surface area contributed by atoms with Gasteiger partial charge in [-0.2, -0.15) is 4.98 Å². The van der Waals surface area contributed by atoms with Crippen molar-refractivity contribution in [2.24, 2.45) is 5.92 Å². The Bertz CT molecular complexity index is 568. The molecule has 0 spiro atoms. The monoisotopic (exact) mass is 304 g/mol. The maximum atomic E-state index is 11.7. The fourth-order valence-corrected chi connectivity index (χ4v) is 3.60. The van der Waals surface area contributed by atoms with Crippen LogP contribution in [-0.2, 0) is 10.3 Å². The summed E-state index contributed by atoms with van der Waals surface area (Å²) in [5.74, 6) is 1.80. The molecule has 1 aromatic rings. The second-order valence-corrected chi connectivity index (χ2v) is 6.54. The topological polar surface area (TPSA) is 71.3 Å². The zero-order valence-corrected chi connectivity index (χ0v) is 13.3. The van der Waals surface area contributed by atoms with Crippen LogP contribution in [0, 0.1) is 12.8 Å². The fraction of sp³-hybridized carbons (Fsp3) is 0.688. The fourth-order valence-electron chi connectivity index (χ4n) is 3.60. The van der Waals surface area contributed by atoms with Crippen molar-refractivity contribution < 1.29 is 9.32 Å². The number of rotatable bonds is 4. The summed E-state index contributed by atoms with van der Waals surface area (Å²) in [5, 5.41) is 7.14. The Morgan fingerprint density at radius 3 is 3.05 bits per heavy atom. The highest BCUT2D eigenvalue weighted by Crippen LogP contribution is 2.32. The molecule has 0 radical (unpaired) electrons. The summed E-state index contributed by atoms with van der Waals surface area (Å²) >= 11 is 0. The molecule has 1 N–H and O–H groups in total. The van der Waals surface area contributed by atoms with Crippen molar-refractivity contribution in [2.45, 2.75) is 45.1 Å². The molecule has 2 heterocycles. The zero-order chi connectivity index (χ0) is 15.6. The summed E-state index contributed by atoms with van der Waals surface area (Å²) < 4.78 is 5.13. The Hall–Kier alpha value is -1.69. The average Bonchev–Trinajstić information content (AvgIpc) is 3.07. The summed E-state index contributed by atoms with van der Waals surface area (Å²) in [4.78, 5) is 18.4. The number of allylic oxidation sites excluding steroid dienone is 2. The molecular formula is C16H24N4O2. The lowest BCUT2D eigenvalue weighted by Crippen LogP contribution is -2.48. The van der Waals surface area contributed by atoms with E-state index < -0.39 is 5.54 Å². The second kappa shape index (κ2) is 6.20. The van der Waals surface area contributed by atoms with E-state index >= 15 is 0 Å².